The van der Waals surface area contributed by atoms with Gasteiger partial charge in [-0.05, 0) is 6.92 Å². The molecular formula is C11H18BrNO5. The van der Waals surface area contributed by atoms with Crippen LogP contribution in [0.15, 0.2) is 30.3 Å². The van der Waals surface area contributed by atoms with Gasteiger partial charge in [-0.1, -0.05) is 35.9 Å². The minimum atomic E-state index is -1.99. The van der Waals surface area contributed by atoms with Crippen molar-refractivity contribution in [1.29, 1.82) is 0 Å². The van der Waals surface area contributed by atoms with Gasteiger partial charge in [0.1, 0.15) is 19.8 Å². The number of aliphatic hydroxyl groups excluding tert-OH is 3. The molecule has 18 heavy (non-hydrogen) atoms. The van der Waals surface area contributed by atoms with E-state index in [9.17, 15) is 10.1 Å². The number of benzene rings is 1. The lowest BCUT2D eigenvalue weighted by Gasteiger charge is -2.16. The van der Waals surface area contributed by atoms with Crippen molar-refractivity contribution in [3.63, 3.8) is 0 Å². The number of hydrogen-bond donors (Lipinski definition) is 3. The van der Waals surface area contributed by atoms with Crippen LogP contribution in [0.3, 0.4) is 0 Å². The normalized spacial score (nSPS) is 9.78. The summed E-state index contributed by atoms with van der Waals surface area (Å²) in [5.74, 6) is 0. The summed E-state index contributed by atoms with van der Waals surface area (Å²) < 4.78 is 0. The van der Waals surface area contributed by atoms with Crippen LogP contribution in [-0.4, -0.2) is 45.6 Å². The van der Waals surface area contributed by atoms with E-state index in [0.29, 0.717) is 0 Å². The van der Waals surface area contributed by atoms with Gasteiger partial charge in [-0.3, -0.25) is 10.1 Å². The van der Waals surface area contributed by atoms with E-state index in [-0.39, 0.29) is 17.0 Å². The first-order valence-electron chi connectivity index (χ1n) is 5.01. The van der Waals surface area contributed by atoms with E-state index in [4.69, 9.17) is 15.3 Å². The molecule has 0 heterocycles. The van der Waals surface area contributed by atoms with Gasteiger partial charge in [0, 0.05) is 4.92 Å². The topological polar surface area (TPSA) is 104 Å². The highest BCUT2D eigenvalue weighted by molar-refractivity contribution is 8.93. The van der Waals surface area contributed by atoms with E-state index >= 15 is 0 Å². The molecule has 0 spiro atoms. The van der Waals surface area contributed by atoms with Crippen LogP contribution in [0.25, 0.3) is 0 Å². The predicted molar refractivity (Wildman–Crippen MR) is 72.5 cm³/mol. The summed E-state index contributed by atoms with van der Waals surface area (Å²) in [5.41, 5.74) is -0.664. The van der Waals surface area contributed by atoms with Crippen molar-refractivity contribution in [1.82, 2.24) is 0 Å². The zero-order valence-electron chi connectivity index (χ0n) is 10.0. The molecule has 0 aliphatic heterocycles. The molecule has 0 atom stereocenters. The highest BCUT2D eigenvalue weighted by Gasteiger charge is 2.41. The second-order valence-corrected chi connectivity index (χ2v) is 3.61. The molecule has 0 aliphatic rings. The zero-order chi connectivity index (χ0) is 13.3. The molecule has 0 saturated carbocycles. The van der Waals surface area contributed by atoms with Crippen molar-refractivity contribution in [2.75, 3.05) is 19.8 Å². The second kappa shape index (κ2) is 9.95. The van der Waals surface area contributed by atoms with Gasteiger partial charge in [0.05, 0.1) is 0 Å². The van der Waals surface area contributed by atoms with Gasteiger partial charge in [-0.25, -0.2) is 0 Å². The zero-order valence-corrected chi connectivity index (χ0v) is 11.7. The molecule has 0 fully saturated rings. The van der Waals surface area contributed by atoms with Crippen LogP contribution >= 0.6 is 17.0 Å². The Morgan fingerprint density at radius 1 is 1.11 bits per heavy atom. The van der Waals surface area contributed by atoms with Crippen LogP contribution in [0.4, 0.5) is 0 Å². The minimum absolute atomic E-state index is 0. The van der Waals surface area contributed by atoms with Crippen LogP contribution in [0.5, 0.6) is 0 Å². The fourth-order valence-corrected chi connectivity index (χ4v) is 0.858. The predicted octanol–water partition coefficient (Wildman–Crippen LogP) is 0.552. The summed E-state index contributed by atoms with van der Waals surface area (Å²) in [6.07, 6.45) is 0. The Morgan fingerprint density at radius 2 is 1.50 bits per heavy atom. The third kappa shape index (κ3) is 6.06. The average molecular weight is 324 g/mol. The van der Waals surface area contributed by atoms with Crippen LogP contribution in [0.2, 0.25) is 0 Å². The molecule has 0 unspecified atom stereocenters. The van der Waals surface area contributed by atoms with Crippen LogP contribution < -0.4 is 0 Å². The van der Waals surface area contributed by atoms with Crippen LogP contribution in [0, 0.1) is 17.0 Å². The molecule has 0 saturated heterocycles. The first-order chi connectivity index (χ1) is 8.02. The minimum Gasteiger partial charge on any atom is -0.389 e. The van der Waals surface area contributed by atoms with Crippen molar-refractivity contribution in [2.24, 2.45) is 0 Å². The van der Waals surface area contributed by atoms with E-state index in [1.54, 1.807) is 0 Å². The molecule has 0 bridgehead atoms. The third-order valence-electron chi connectivity index (χ3n) is 2.21. The quantitative estimate of drug-likeness (QED) is 0.554. The first kappa shape index (κ1) is 19.3. The Bertz CT molecular complexity index is 321. The Labute approximate surface area is 116 Å². The van der Waals surface area contributed by atoms with Gasteiger partial charge < -0.3 is 15.3 Å². The Balaban J connectivity index is 0. The van der Waals surface area contributed by atoms with Crippen LogP contribution in [-0.2, 0) is 0 Å². The number of aryl methyl sites for hydroxylation is 1. The third-order valence-corrected chi connectivity index (χ3v) is 2.21. The Morgan fingerprint density at radius 3 is 1.61 bits per heavy atom. The van der Waals surface area contributed by atoms with E-state index in [0.717, 1.165) is 0 Å². The van der Waals surface area contributed by atoms with Crippen molar-refractivity contribution in [2.45, 2.75) is 12.5 Å². The fraction of sp³-hybridized carbons (Fsp3) is 0.455. The highest BCUT2D eigenvalue weighted by atomic mass is 79.9. The first-order valence-corrected chi connectivity index (χ1v) is 5.01. The summed E-state index contributed by atoms with van der Waals surface area (Å²) in [7, 11) is 0. The lowest BCUT2D eigenvalue weighted by atomic mass is 10.1. The lowest BCUT2D eigenvalue weighted by molar-refractivity contribution is -0.580. The molecular weight excluding hydrogens is 306 g/mol. The monoisotopic (exact) mass is 323 g/mol. The number of halogens is 1. The number of hydrogen-bond acceptors (Lipinski definition) is 5. The molecule has 0 amide bonds. The van der Waals surface area contributed by atoms with Crippen molar-refractivity contribution in [3.8, 4) is 0 Å². The molecule has 0 aromatic heterocycles. The molecule has 1 rings (SSSR count). The molecule has 0 aliphatic carbocycles. The maximum absolute atomic E-state index is 10.0. The van der Waals surface area contributed by atoms with E-state index < -0.39 is 30.3 Å². The van der Waals surface area contributed by atoms with Gasteiger partial charge >= 0.3 is 0 Å². The summed E-state index contributed by atoms with van der Waals surface area (Å²) >= 11 is 0. The number of rotatable bonds is 4. The van der Waals surface area contributed by atoms with Crippen LogP contribution in [0.1, 0.15) is 5.56 Å². The summed E-state index contributed by atoms with van der Waals surface area (Å²) in [6.45, 7) is -0.521. The molecule has 104 valence electrons. The van der Waals surface area contributed by atoms with Gasteiger partial charge in [0.25, 0.3) is 5.54 Å². The maximum Gasteiger partial charge on any atom is 0.289 e. The largest absolute Gasteiger partial charge is 0.389 e. The average Bonchev–Trinajstić information content (AvgIpc) is 2.33. The van der Waals surface area contributed by atoms with Crippen molar-refractivity contribution < 1.29 is 20.2 Å². The molecule has 3 N–H and O–H groups in total. The summed E-state index contributed by atoms with van der Waals surface area (Å²) in [5, 5.41) is 35.2. The number of nitro groups is 1. The Hall–Kier alpha value is -1.02. The summed E-state index contributed by atoms with van der Waals surface area (Å²) in [4.78, 5) is 9.14. The van der Waals surface area contributed by atoms with E-state index in [2.05, 4.69) is 19.1 Å². The van der Waals surface area contributed by atoms with Crippen molar-refractivity contribution in [3.05, 3.63) is 46.0 Å². The second-order valence-electron chi connectivity index (χ2n) is 3.61. The smallest absolute Gasteiger partial charge is 0.289 e. The van der Waals surface area contributed by atoms with Crippen molar-refractivity contribution >= 4 is 17.0 Å². The number of nitrogens with zero attached hydrogens (tertiary/aromatic N) is 1. The van der Waals surface area contributed by atoms with Gasteiger partial charge in [0.2, 0.25) is 0 Å². The molecule has 6 nitrogen and oxygen atoms in total. The van der Waals surface area contributed by atoms with E-state index in [1.165, 1.54) is 5.56 Å². The van der Waals surface area contributed by atoms with E-state index in [1.807, 2.05) is 18.2 Å². The summed E-state index contributed by atoms with van der Waals surface area (Å²) in [6, 6.07) is 10.3. The lowest BCUT2D eigenvalue weighted by Crippen LogP contribution is -2.49. The number of aliphatic hydroxyl groups is 3. The van der Waals surface area contributed by atoms with Gasteiger partial charge in [-0.2, -0.15) is 0 Å². The fourth-order valence-electron chi connectivity index (χ4n) is 0.858. The molecule has 1 aromatic carbocycles. The molecule has 7 heteroatoms. The highest BCUT2D eigenvalue weighted by Crippen LogP contribution is 2.05. The molecule has 0 radical (unpaired) electrons. The SMILES string of the molecule is Br.Cc1ccccc1.O=[N+]([O-])C(CO)(CO)CO. The Kier molecular flexibility index (Phi) is 10.7. The van der Waals surface area contributed by atoms with Gasteiger partial charge in [-0.15, -0.1) is 17.0 Å². The maximum atomic E-state index is 10.0. The standard InChI is InChI=1S/C7H8.C4H9NO5.BrH/c1-7-5-3-2-4-6-7;6-1-4(2-7,3-8)5(9)10;/h2-6H,1H3;6-8H,1-3H2;1H. The van der Waals surface area contributed by atoms with Gasteiger partial charge in [0.15, 0.2) is 0 Å². The molecule has 1 aromatic rings.